The highest BCUT2D eigenvalue weighted by Crippen LogP contribution is 2.40. The molecule has 3 unspecified atom stereocenters. The SMILES string of the molecule is O=C(CCC1CCNC1)NC1CC1c1ccccc1. The summed E-state index contributed by atoms with van der Waals surface area (Å²) >= 11 is 0. The molecule has 2 N–H and O–H groups in total. The highest BCUT2D eigenvalue weighted by Gasteiger charge is 2.39. The predicted molar refractivity (Wildman–Crippen MR) is 75.9 cm³/mol. The van der Waals surface area contributed by atoms with E-state index in [-0.39, 0.29) is 5.91 Å². The maximum absolute atomic E-state index is 11.9. The van der Waals surface area contributed by atoms with Crippen LogP contribution in [0.3, 0.4) is 0 Å². The molecule has 2 aliphatic rings. The molecule has 1 aromatic rings. The summed E-state index contributed by atoms with van der Waals surface area (Å²) in [5, 5.41) is 6.51. The Hall–Kier alpha value is -1.35. The lowest BCUT2D eigenvalue weighted by atomic mass is 10.0. The van der Waals surface area contributed by atoms with E-state index in [1.54, 1.807) is 0 Å². The van der Waals surface area contributed by atoms with Crippen molar-refractivity contribution in [2.75, 3.05) is 13.1 Å². The number of amides is 1. The molecule has 1 heterocycles. The molecule has 3 atom stereocenters. The molecule has 0 radical (unpaired) electrons. The highest BCUT2D eigenvalue weighted by molar-refractivity contribution is 5.76. The summed E-state index contributed by atoms with van der Waals surface area (Å²) in [6.07, 6.45) is 4.04. The van der Waals surface area contributed by atoms with Crippen LogP contribution >= 0.6 is 0 Å². The smallest absolute Gasteiger partial charge is 0.220 e. The second-order valence-corrected chi connectivity index (χ2v) is 5.82. The summed E-state index contributed by atoms with van der Waals surface area (Å²) in [6, 6.07) is 10.9. The van der Waals surface area contributed by atoms with E-state index in [1.807, 2.05) is 6.07 Å². The molecule has 19 heavy (non-hydrogen) atoms. The van der Waals surface area contributed by atoms with Crippen LogP contribution in [-0.4, -0.2) is 25.0 Å². The first-order chi connectivity index (χ1) is 9.33. The van der Waals surface area contributed by atoms with Crippen LogP contribution in [0.5, 0.6) is 0 Å². The molecule has 3 heteroatoms. The third kappa shape index (κ3) is 3.35. The molecule has 0 spiro atoms. The van der Waals surface area contributed by atoms with Gasteiger partial charge in [-0.3, -0.25) is 4.79 Å². The molecular weight excluding hydrogens is 236 g/mol. The van der Waals surface area contributed by atoms with Crippen LogP contribution < -0.4 is 10.6 Å². The third-order valence-electron chi connectivity index (χ3n) is 4.31. The Morgan fingerprint density at radius 3 is 2.89 bits per heavy atom. The van der Waals surface area contributed by atoms with E-state index in [4.69, 9.17) is 0 Å². The third-order valence-corrected chi connectivity index (χ3v) is 4.31. The van der Waals surface area contributed by atoms with E-state index in [9.17, 15) is 4.79 Å². The summed E-state index contributed by atoms with van der Waals surface area (Å²) in [4.78, 5) is 11.9. The number of benzene rings is 1. The van der Waals surface area contributed by atoms with Crippen LogP contribution in [0.25, 0.3) is 0 Å². The second-order valence-electron chi connectivity index (χ2n) is 5.82. The molecule has 1 saturated carbocycles. The minimum atomic E-state index is 0.232. The van der Waals surface area contributed by atoms with Crippen molar-refractivity contribution in [2.24, 2.45) is 5.92 Å². The Balaban J connectivity index is 1.39. The van der Waals surface area contributed by atoms with Gasteiger partial charge in [0.2, 0.25) is 5.91 Å². The summed E-state index contributed by atoms with van der Waals surface area (Å²) in [5.74, 6) is 1.48. The topological polar surface area (TPSA) is 41.1 Å². The van der Waals surface area contributed by atoms with Gasteiger partial charge >= 0.3 is 0 Å². The van der Waals surface area contributed by atoms with Crippen molar-refractivity contribution in [2.45, 2.75) is 37.6 Å². The molecular formula is C16H22N2O. The van der Waals surface area contributed by atoms with Crippen LogP contribution in [0.4, 0.5) is 0 Å². The van der Waals surface area contributed by atoms with Crippen molar-refractivity contribution >= 4 is 5.91 Å². The zero-order chi connectivity index (χ0) is 13.1. The van der Waals surface area contributed by atoms with E-state index >= 15 is 0 Å². The van der Waals surface area contributed by atoms with Crippen molar-refractivity contribution in [1.29, 1.82) is 0 Å². The molecule has 3 nitrogen and oxygen atoms in total. The number of rotatable bonds is 5. The molecule has 1 aliphatic carbocycles. The van der Waals surface area contributed by atoms with Gasteiger partial charge in [0.25, 0.3) is 0 Å². The van der Waals surface area contributed by atoms with E-state index in [0.717, 1.165) is 25.9 Å². The van der Waals surface area contributed by atoms with Gasteiger partial charge in [0.15, 0.2) is 0 Å². The number of carbonyl (C=O) groups excluding carboxylic acids is 1. The number of hydrogen-bond donors (Lipinski definition) is 2. The van der Waals surface area contributed by atoms with Gasteiger partial charge in [-0.15, -0.1) is 0 Å². The van der Waals surface area contributed by atoms with Crippen LogP contribution in [-0.2, 0) is 4.79 Å². The van der Waals surface area contributed by atoms with Crippen LogP contribution in [0.15, 0.2) is 30.3 Å². The Bertz CT molecular complexity index is 426. The summed E-state index contributed by atoms with van der Waals surface area (Å²) < 4.78 is 0. The van der Waals surface area contributed by atoms with E-state index in [2.05, 4.69) is 34.9 Å². The molecule has 1 saturated heterocycles. The summed E-state index contributed by atoms with van der Waals surface area (Å²) in [7, 11) is 0. The molecule has 2 fully saturated rings. The molecule has 1 amide bonds. The maximum Gasteiger partial charge on any atom is 0.220 e. The van der Waals surface area contributed by atoms with Crippen LogP contribution in [0, 0.1) is 5.92 Å². The Morgan fingerprint density at radius 1 is 1.32 bits per heavy atom. The lowest BCUT2D eigenvalue weighted by Crippen LogP contribution is -2.27. The molecule has 1 aliphatic heterocycles. The van der Waals surface area contributed by atoms with E-state index < -0.39 is 0 Å². The Labute approximate surface area is 114 Å². The lowest BCUT2D eigenvalue weighted by molar-refractivity contribution is -0.121. The zero-order valence-corrected chi connectivity index (χ0v) is 11.3. The van der Waals surface area contributed by atoms with Crippen LogP contribution in [0.1, 0.15) is 37.2 Å². The van der Waals surface area contributed by atoms with E-state index in [0.29, 0.717) is 24.3 Å². The van der Waals surface area contributed by atoms with Crippen molar-refractivity contribution in [3.05, 3.63) is 35.9 Å². The quantitative estimate of drug-likeness (QED) is 0.848. The maximum atomic E-state index is 11.9. The first-order valence-corrected chi connectivity index (χ1v) is 7.38. The summed E-state index contributed by atoms with van der Waals surface area (Å²) in [5.41, 5.74) is 1.35. The fourth-order valence-corrected chi connectivity index (χ4v) is 3.00. The number of carbonyl (C=O) groups is 1. The standard InChI is InChI=1S/C16H22N2O/c19-16(7-6-12-8-9-17-11-12)18-15-10-14(15)13-4-2-1-3-5-13/h1-5,12,14-15,17H,6-11H2,(H,18,19). The monoisotopic (exact) mass is 258 g/mol. The fraction of sp³-hybridized carbons (Fsp3) is 0.562. The minimum absolute atomic E-state index is 0.232. The molecule has 3 rings (SSSR count). The van der Waals surface area contributed by atoms with Gasteiger partial charge < -0.3 is 10.6 Å². The van der Waals surface area contributed by atoms with Gasteiger partial charge in [0.1, 0.15) is 0 Å². The normalized spacial score (nSPS) is 29.2. The van der Waals surface area contributed by atoms with Gasteiger partial charge in [0, 0.05) is 18.4 Å². The fourth-order valence-electron chi connectivity index (χ4n) is 3.00. The van der Waals surface area contributed by atoms with Gasteiger partial charge in [-0.1, -0.05) is 30.3 Å². The Kier molecular flexibility index (Phi) is 3.83. The zero-order valence-electron chi connectivity index (χ0n) is 11.3. The molecule has 1 aromatic carbocycles. The average molecular weight is 258 g/mol. The Morgan fingerprint density at radius 2 is 2.16 bits per heavy atom. The number of hydrogen-bond acceptors (Lipinski definition) is 2. The summed E-state index contributed by atoms with van der Waals surface area (Å²) in [6.45, 7) is 2.20. The molecule has 102 valence electrons. The van der Waals surface area contributed by atoms with Crippen molar-refractivity contribution in [3.63, 3.8) is 0 Å². The highest BCUT2D eigenvalue weighted by atomic mass is 16.1. The van der Waals surface area contributed by atoms with Crippen molar-refractivity contribution < 1.29 is 4.79 Å². The lowest BCUT2D eigenvalue weighted by Gasteiger charge is -2.08. The first kappa shape index (κ1) is 12.7. The second kappa shape index (κ2) is 5.74. The number of nitrogens with one attached hydrogen (secondary N) is 2. The van der Waals surface area contributed by atoms with Gasteiger partial charge in [-0.25, -0.2) is 0 Å². The van der Waals surface area contributed by atoms with Crippen molar-refractivity contribution in [1.82, 2.24) is 10.6 Å². The van der Waals surface area contributed by atoms with Gasteiger partial charge in [0.05, 0.1) is 0 Å². The first-order valence-electron chi connectivity index (χ1n) is 7.38. The van der Waals surface area contributed by atoms with E-state index in [1.165, 1.54) is 12.0 Å². The largest absolute Gasteiger partial charge is 0.353 e. The molecule has 0 bridgehead atoms. The molecule has 0 aromatic heterocycles. The van der Waals surface area contributed by atoms with Crippen LogP contribution in [0.2, 0.25) is 0 Å². The van der Waals surface area contributed by atoms with Gasteiger partial charge in [-0.05, 0) is 43.8 Å². The predicted octanol–water partition coefficient (Wildman–Crippen LogP) is 2.05. The average Bonchev–Trinajstić information content (AvgIpc) is 3.00. The van der Waals surface area contributed by atoms with Crippen molar-refractivity contribution in [3.8, 4) is 0 Å². The minimum Gasteiger partial charge on any atom is -0.353 e. The van der Waals surface area contributed by atoms with Gasteiger partial charge in [-0.2, -0.15) is 0 Å².